The van der Waals surface area contributed by atoms with Gasteiger partial charge in [0, 0.05) is 25.6 Å². The predicted octanol–water partition coefficient (Wildman–Crippen LogP) is 1.66. The number of nitrogens with zero attached hydrogens (tertiary/aromatic N) is 1. The molecule has 0 spiro atoms. The number of nitrogens with two attached hydrogens (primary N) is 1. The van der Waals surface area contributed by atoms with E-state index in [0.29, 0.717) is 24.7 Å². The zero-order chi connectivity index (χ0) is 17.1. The number of hydrogen-bond acceptors (Lipinski definition) is 3. The summed E-state index contributed by atoms with van der Waals surface area (Å²) < 4.78 is 0. The second-order valence-electron chi connectivity index (χ2n) is 7.23. The van der Waals surface area contributed by atoms with Crippen LogP contribution < -0.4 is 11.1 Å². The van der Waals surface area contributed by atoms with Crippen LogP contribution in [-0.4, -0.2) is 42.4 Å². The molecule has 1 heterocycles. The zero-order valence-corrected chi connectivity index (χ0v) is 15.6. The first-order valence-corrected chi connectivity index (χ1v) is 8.88. The van der Waals surface area contributed by atoms with Crippen molar-refractivity contribution < 1.29 is 9.59 Å². The minimum atomic E-state index is -0.0694. The Labute approximate surface area is 155 Å². The number of aryl methyl sites for hydroxylation is 2. The van der Waals surface area contributed by atoms with E-state index in [1.807, 2.05) is 36.1 Å². The van der Waals surface area contributed by atoms with Crippen molar-refractivity contribution in [2.24, 2.45) is 17.6 Å². The fourth-order valence-corrected chi connectivity index (χ4v) is 3.90. The molecule has 3 N–H and O–H groups in total. The summed E-state index contributed by atoms with van der Waals surface area (Å²) in [6.07, 6.45) is 3.31. The number of fused-ring (bicyclic) bond motifs is 1. The van der Waals surface area contributed by atoms with Crippen LogP contribution in [0.5, 0.6) is 0 Å². The number of amides is 2. The van der Waals surface area contributed by atoms with Crippen LogP contribution in [0, 0.1) is 18.8 Å². The van der Waals surface area contributed by atoms with E-state index in [1.165, 1.54) is 5.56 Å². The molecule has 2 aliphatic rings. The Kier molecular flexibility index (Phi) is 6.85. The molecule has 1 aliphatic heterocycles. The van der Waals surface area contributed by atoms with Crippen LogP contribution in [0.15, 0.2) is 24.3 Å². The lowest BCUT2D eigenvalue weighted by Gasteiger charge is -2.19. The molecular formula is C19H28ClN3O2. The van der Waals surface area contributed by atoms with E-state index >= 15 is 0 Å². The van der Waals surface area contributed by atoms with E-state index in [2.05, 4.69) is 5.32 Å². The molecule has 0 aromatic heterocycles. The molecule has 1 saturated carbocycles. The summed E-state index contributed by atoms with van der Waals surface area (Å²) in [5, 5.41) is 2.76. The van der Waals surface area contributed by atoms with Gasteiger partial charge in [0.25, 0.3) is 0 Å². The molecule has 1 aromatic rings. The van der Waals surface area contributed by atoms with Gasteiger partial charge in [0.1, 0.15) is 0 Å². The van der Waals surface area contributed by atoms with Gasteiger partial charge in [0.05, 0.1) is 6.54 Å². The fourth-order valence-electron chi connectivity index (χ4n) is 3.90. The Morgan fingerprint density at radius 2 is 1.92 bits per heavy atom. The van der Waals surface area contributed by atoms with E-state index in [9.17, 15) is 9.59 Å². The van der Waals surface area contributed by atoms with Gasteiger partial charge < -0.3 is 16.0 Å². The van der Waals surface area contributed by atoms with Crippen molar-refractivity contribution in [3.8, 4) is 0 Å². The molecule has 3 rings (SSSR count). The maximum Gasteiger partial charge on any atom is 0.241 e. The average molecular weight is 366 g/mol. The highest BCUT2D eigenvalue weighted by atomic mass is 35.5. The Morgan fingerprint density at radius 1 is 1.20 bits per heavy atom. The molecule has 6 heteroatoms. The van der Waals surface area contributed by atoms with Gasteiger partial charge in [-0.3, -0.25) is 9.59 Å². The van der Waals surface area contributed by atoms with Crippen molar-refractivity contribution in [1.82, 2.24) is 10.2 Å². The van der Waals surface area contributed by atoms with E-state index in [1.54, 1.807) is 0 Å². The number of likely N-dealkylation sites (tertiary alicyclic amines) is 1. The molecular weight excluding hydrogens is 338 g/mol. The molecule has 3 unspecified atom stereocenters. The third-order valence-electron chi connectivity index (χ3n) is 5.46. The number of nitrogens with one attached hydrogen (secondary N) is 1. The molecule has 0 bridgehead atoms. The van der Waals surface area contributed by atoms with Crippen LogP contribution in [0.3, 0.4) is 0 Å². The molecule has 5 nitrogen and oxygen atoms in total. The molecule has 138 valence electrons. The van der Waals surface area contributed by atoms with Gasteiger partial charge >= 0.3 is 0 Å². The predicted molar refractivity (Wildman–Crippen MR) is 101 cm³/mol. The summed E-state index contributed by atoms with van der Waals surface area (Å²) in [6, 6.07) is 8.41. The molecule has 3 atom stereocenters. The van der Waals surface area contributed by atoms with Crippen molar-refractivity contribution in [2.75, 3.05) is 19.6 Å². The lowest BCUT2D eigenvalue weighted by molar-refractivity contribution is -0.132. The van der Waals surface area contributed by atoms with E-state index in [-0.39, 0.29) is 36.8 Å². The summed E-state index contributed by atoms with van der Waals surface area (Å²) in [7, 11) is 0. The highest BCUT2D eigenvalue weighted by Gasteiger charge is 2.42. The van der Waals surface area contributed by atoms with Gasteiger partial charge in [-0.2, -0.15) is 0 Å². The topological polar surface area (TPSA) is 75.4 Å². The van der Waals surface area contributed by atoms with Crippen LogP contribution in [0.25, 0.3) is 0 Å². The Morgan fingerprint density at radius 3 is 2.60 bits per heavy atom. The number of carbonyl (C=O) groups excluding carboxylic acids is 2. The highest BCUT2D eigenvalue weighted by Crippen LogP contribution is 2.36. The third-order valence-corrected chi connectivity index (χ3v) is 5.46. The second kappa shape index (κ2) is 8.68. The fraction of sp³-hybridized carbons (Fsp3) is 0.579. The zero-order valence-electron chi connectivity index (χ0n) is 14.7. The van der Waals surface area contributed by atoms with Gasteiger partial charge in [-0.25, -0.2) is 0 Å². The summed E-state index contributed by atoms with van der Waals surface area (Å²) in [6.45, 7) is 3.70. The van der Waals surface area contributed by atoms with Crippen LogP contribution in [0.4, 0.5) is 0 Å². The SMILES string of the molecule is Cc1ccc(CCC(=O)NCC(=O)N2CC3CCC(N)C3C2)cc1.Cl. The number of carbonyl (C=O) groups is 2. The maximum atomic E-state index is 12.3. The van der Waals surface area contributed by atoms with Gasteiger partial charge in [-0.05, 0) is 43.6 Å². The van der Waals surface area contributed by atoms with Gasteiger partial charge in [-0.1, -0.05) is 29.8 Å². The summed E-state index contributed by atoms with van der Waals surface area (Å²) in [5.41, 5.74) is 8.45. The van der Waals surface area contributed by atoms with E-state index in [0.717, 1.165) is 31.5 Å². The smallest absolute Gasteiger partial charge is 0.241 e. The summed E-state index contributed by atoms with van der Waals surface area (Å²) in [5.74, 6) is 0.952. The molecule has 2 amide bonds. The van der Waals surface area contributed by atoms with Crippen molar-refractivity contribution in [3.63, 3.8) is 0 Å². The molecule has 2 fully saturated rings. The highest BCUT2D eigenvalue weighted by molar-refractivity contribution is 5.85. The van der Waals surface area contributed by atoms with Crippen LogP contribution in [-0.2, 0) is 16.0 Å². The molecule has 1 saturated heterocycles. The summed E-state index contributed by atoms with van der Waals surface area (Å²) in [4.78, 5) is 26.1. The number of halogens is 1. The second-order valence-corrected chi connectivity index (χ2v) is 7.23. The largest absolute Gasteiger partial charge is 0.347 e. The maximum absolute atomic E-state index is 12.3. The lowest BCUT2D eigenvalue weighted by Crippen LogP contribution is -2.40. The monoisotopic (exact) mass is 365 g/mol. The molecule has 0 radical (unpaired) electrons. The number of benzene rings is 1. The van der Waals surface area contributed by atoms with Gasteiger partial charge in [0.15, 0.2) is 0 Å². The first-order chi connectivity index (χ1) is 11.5. The quantitative estimate of drug-likeness (QED) is 0.833. The standard InChI is InChI=1S/C19H27N3O2.ClH/c1-13-2-4-14(5-3-13)6-9-18(23)21-10-19(24)22-11-15-7-8-17(20)16(15)12-22;/h2-5,15-17H,6-12,20H2,1H3,(H,21,23);1H. The van der Waals surface area contributed by atoms with Gasteiger partial charge in [-0.15, -0.1) is 12.4 Å². The van der Waals surface area contributed by atoms with Crippen molar-refractivity contribution in [1.29, 1.82) is 0 Å². The van der Waals surface area contributed by atoms with Crippen molar-refractivity contribution in [2.45, 2.75) is 38.6 Å². The average Bonchev–Trinajstić information content (AvgIpc) is 3.14. The Bertz CT molecular complexity index is 605. The van der Waals surface area contributed by atoms with Crippen molar-refractivity contribution in [3.05, 3.63) is 35.4 Å². The van der Waals surface area contributed by atoms with E-state index < -0.39 is 0 Å². The first kappa shape index (κ1) is 19.7. The van der Waals surface area contributed by atoms with Crippen LogP contribution in [0.2, 0.25) is 0 Å². The minimum absolute atomic E-state index is 0. The van der Waals surface area contributed by atoms with Crippen LogP contribution >= 0.6 is 12.4 Å². The molecule has 1 aromatic carbocycles. The number of rotatable bonds is 5. The molecule has 25 heavy (non-hydrogen) atoms. The first-order valence-electron chi connectivity index (χ1n) is 8.88. The molecule has 1 aliphatic carbocycles. The normalized spacial score (nSPS) is 24.6. The van der Waals surface area contributed by atoms with Crippen molar-refractivity contribution >= 4 is 24.2 Å². The third kappa shape index (κ3) is 4.95. The Balaban J connectivity index is 0.00000225. The Hall–Kier alpha value is -1.59. The minimum Gasteiger partial charge on any atom is -0.347 e. The van der Waals surface area contributed by atoms with Gasteiger partial charge in [0.2, 0.25) is 11.8 Å². The lowest BCUT2D eigenvalue weighted by atomic mass is 9.98. The van der Waals surface area contributed by atoms with Crippen LogP contribution in [0.1, 0.15) is 30.4 Å². The van der Waals surface area contributed by atoms with E-state index in [4.69, 9.17) is 5.73 Å². The number of hydrogen-bond donors (Lipinski definition) is 2. The summed E-state index contributed by atoms with van der Waals surface area (Å²) >= 11 is 0.